The molecule has 1 aromatic rings. The van der Waals surface area contributed by atoms with Gasteiger partial charge >= 0.3 is 0 Å². The van der Waals surface area contributed by atoms with Crippen molar-refractivity contribution in [2.75, 3.05) is 0 Å². The first-order chi connectivity index (χ1) is 10.3. The van der Waals surface area contributed by atoms with Crippen molar-refractivity contribution >= 4 is 17.1 Å². The number of halogens is 1. The molecule has 0 heterocycles. The molecule has 0 aromatic heterocycles. The highest BCUT2D eigenvalue weighted by Gasteiger charge is 2.46. The third kappa shape index (κ3) is 2.83. The fraction of sp³-hybridized carbons (Fsp3) is 0.611. The lowest BCUT2D eigenvalue weighted by molar-refractivity contribution is 0.291. The third-order valence-corrected chi connectivity index (χ3v) is 6.26. The van der Waals surface area contributed by atoms with Crippen molar-refractivity contribution in [3.05, 3.63) is 35.1 Å². The van der Waals surface area contributed by atoms with Gasteiger partial charge in [0.1, 0.15) is 27.6 Å². The van der Waals surface area contributed by atoms with E-state index in [2.05, 4.69) is 4.40 Å². The Morgan fingerprint density at radius 3 is 2.50 bits per heavy atom. The molecule has 2 aliphatic rings. The van der Waals surface area contributed by atoms with Crippen LogP contribution in [0.15, 0.2) is 22.6 Å². The highest BCUT2D eigenvalue weighted by Crippen LogP contribution is 2.48. The quantitative estimate of drug-likeness (QED) is 0.697. The summed E-state index contributed by atoms with van der Waals surface area (Å²) in [6.45, 7) is 5.80. The topological polar surface area (TPSA) is 35.4 Å². The van der Waals surface area contributed by atoms with Gasteiger partial charge in [0.15, 0.2) is 0 Å². The molecule has 1 saturated carbocycles. The second kappa shape index (κ2) is 5.64. The number of fused-ring (bicyclic) bond motifs is 1. The molecule has 0 amide bonds. The number of rotatable bonds is 1. The Hall–Kier alpha value is -0.870. The van der Waals surface area contributed by atoms with Crippen molar-refractivity contribution < 1.29 is 8.94 Å². The molecule has 1 atom stereocenters. The van der Waals surface area contributed by atoms with Gasteiger partial charge in [0.25, 0.3) is 0 Å². The van der Waals surface area contributed by atoms with Gasteiger partial charge in [0, 0.05) is 11.0 Å². The van der Waals surface area contributed by atoms with Gasteiger partial charge in [0.2, 0.25) is 0 Å². The van der Waals surface area contributed by atoms with Crippen molar-refractivity contribution in [3.8, 4) is 0 Å². The van der Waals surface area contributed by atoms with Crippen LogP contribution in [0.2, 0.25) is 0 Å². The van der Waals surface area contributed by atoms with Crippen LogP contribution in [0.5, 0.6) is 0 Å². The Bertz CT molecular complexity index is 600. The van der Waals surface area contributed by atoms with Gasteiger partial charge in [-0.05, 0) is 57.7 Å². The van der Waals surface area contributed by atoms with E-state index in [9.17, 15) is 8.94 Å². The van der Waals surface area contributed by atoms with Crippen LogP contribution >= 0.6 is 0 Å². The van der Waals surface area contributed by atoms with Crippen molar-refractivity contribution in [1.82, 2.24) is 0 Å². The van der Waals surface area contributed by atoms with Crippen molar-refractivity contribution in [3.63, 3.8) is 0 Å². The minimum absolute atomic E-state index is 0.0186. The Balaban J connectivity index is 2.08. The van der Waals surface area contributed by atoms with Crippen molar-refractivity contribution in [2.45, 2.75) is 64.0 Å². The van der Waals surface area contributed by atoms with Gasteiger partial charge < -0.3 is 4.55 Å². The van der Waals surface area contributed by atoms with E-state index in [0.29, 0.717) is 0 Å². The van der Waals surface area contributed by atoms with E-state index >= 15 is 0 Å². The summed E-state index contributed by atoms with van der Waals surface area (Å²) in [5.74, 6) is -0.235. The molecule has 2 aliphatic carbocycles. The van der Waals surface area contributed by atoms with E-state index in [4.69, 9.17) is 0 Å². The highest BCUT2D eigenvalue weighted by molar-refractivity contribution is 7.91. The predicted molar refractivity (Wildman–Crippen MR) is 90.1 cm³/mol. The van der Waals surface area contributed by atoms with Gasteiger partial charge in [-0.1, -0.05) is 29.7 Å². The summed E-state index contributed by atoms with van der Waals surface area (Å²) in [5, 5.41) is 0. The minimum Gasteiger partial charge on any atom is -0.591 e. The zero-order chi connectivity index (χ0) is 16.0. The molecule has 22 heavy (non-hydrogen) atoms. The van der Waals surface area contributed by atoms with Crippen molar-refractivity contribution in [1.29, 1.82) is 0 Å². The van der Waals surface area contributed by atoms with E-state index < -0.39 is 11.4 Å². The second-order valence-electron chi connectivity index (χ2n) is 7.62. The molecular weight excluding hydrogens is 297 g/mol. The average Bonchev–Trinajstić information content (AvgIpc) is 2.72. The summed E-state index contributed by atoms with van der Waals surface area (Å²) in [6, 6.07) is 4.99. The molecule has 1 fully saturated rings. The summed E-state index contributed by atoms with van der Waals surface area (Å²) in [5.41, 5.74) is 2.93. The van der Waals surface area contributed by atoms with E-state index in [0.717, 1.165) is 36.1 Å². The largest absolute Gasteiger partial charge is 0.591 e. The van der Waals surface area contributed by atoms with E-state index in [1.807, 2.05) is 26.8 Å². The second-order valence-corrected chi connectivity index (χ2v) is 9.53. The molecule has 2 nitrogen and oxygen atoms in total. The van der Waals surface area contributed by atoms with Gasteiger partial charge in [-0.2, -0.15) is 0 Å². The SMILES string of the molecule is CC(C)(C)[S+]([O-])N=C1c2cc(F)ccc2CC12CCCCC2. The lowest BCUT2D eigenvalue weighted by Gasteiger charge is -2.34. The molecule has 3 rings (SSSR count). The van der Waals surface area contributed by atoms with Gasteiger partial charge in [-0.25, -0.2) is 4.39 Å². The number of hydrogen-bond acceptors (Lipinski definition) is 2. The van der Waals surface area contributed by atoms with E-state index in [-0.39, 0.29) is 16.0 Å². The van der Waals surface area contributed by atoms with Crippen LogP contribution in [-0.4, -0.2) is 15.0 Å². The van der Waals surface area contributed by atoms with Crippen LogP contribution in [0, 0.1) is 11.2 Å². The molecule has 0 N–H and O–H groups in total. The number of benzene rings is 1. The molecule has 1 unspecified atom stereocenters. The number of hydrogen-bond donors (Lipinski definition) is 0. The molecule has 1 spiro atoms. The van der Waals surface area contributed by atoms with Crippen molar-refractivity contribution in [2.24, 2.45) is 9.81 Å². The average molecular weight is 321 g/mol. The summed E-state index contributed by atoms with van der Waals surface area (Å²) in [4.78, 5) is 0. The van der Waals surface area contributed by atoms with Crippen LogP contribution in [-0.2, 0) is 17.8 Å². The Kier molecular flexibility index (Phi) is 4.11. The minimum atomic E-state index is -1.30. The normalized spacial score (nSPS) is 23.8. The molecule has 1 aromatic carbocycles. The van der Waals surface area contributed by atoms with Crippen LogP contribution in [0.25, 0.3) is 0 Å². The first kappa shape index (κ1) is 16.0. The molecule has 120 valence electrons. The first-order valence-corrected chi connectivity index (χ1v) is 9.22. The lowest BCUT2D eigenvalue weighted by Crippen LogP contribution is -2.34. The van der Waals surface area contributed by atoms with Crippen LogP contribution in [0.1, 0.15) is 64.0 Å². The van der Waals surface area contributed by atoms with Crippen LogP contribution < -0.4 is 0 Å². The number of nitrogens with zero attached hydrogens (tertiary/aromatic N) is 1. The summed E-state index contributed by atoms with van der Waals surface area (Å²) >= 11 is -1.30. The fourth-order valence-electron chi connectivity index (χ4n) is 3.67. The molecule has 0 radical (unpaired) electrons. The lowest BCUT2D eigenvalue weighted by atomic mass is 9.71. The smallest absolute Gasteiger partial charge is 0.144 e. The molecule has 0 bridgehead atoms. The first-order valence-electron chi connectivity index (χ1n) is 8.12. The van der Waals surface area contributed by atoms with Gasteiger partial charge in [0.05, 0.1) is 0 Å². The van der Waals surface area contributed by atoms with Crippen LogP contribution in [0.3, 0.4) is 0 Å². The zero-order valence-electron chi connectivity index (χ0n) is 13.6. The summed E-state index contributed by atoms with van der Waals surface area (Å²) in [7, 11) is 0. The Morgan fingerprint density at radius 1 is 1.18 bits per heavy atom. The van der Waals surface area contributed by atoms with E-state index in [1.54, 1.807) is 6.07 Å². The third-order valence-electron chi connectivity index (χ3n) is 4.87. The maximum Gasteiger partial charge on any atom is 0.144 e. The highest BCUT2D eigenvalue weighted by atomic mass is 32.2. The molecule has 0 aliphatic heterocycles. The molecular formula is C18H24FNOS. The van der Waals surface area contributed by atoms with Crippen LogP contribution in [0.4, 0.5) is 4.39 Å². The fourth-order valence-corrected chi connectivity index (χ4v) is 4.40. The van der Waals surface area contributed by atoms with Gasteiger partial charge in [-0.3, -0.25) is 0 Å². The maximum atomic E-state index is 13.7. The Labute approximate surface area is 135 Å². The monoisotopic (exact) mass is 321 g/mol. The van der Waals surface area contributed by atoms with Gasteiger partial charge in [-0.15, -0.1) is 0 Å². The predicted octanol–water partition coefficient (Wildman–Crippen LogP) is 4.58. The molecule has 4 heteroatoms. The Morgan fingerprint density at radius 2 is 1.86 bits per heavy atom. The molecule has 0 saturated heterocycles. The zero-order valence-corrected chi connectivity index (χ0v) is 14.4. The standard InChI is InChI=1S/C18H24FNOS/c1-17(2,3)22(21)20-16-15-11-14(19)8-7-13(15)12-18(16)9-5-4-6-10-18/h7-8,11H,4-6,9-10,12H2,1-3H3. The maximum absolute atomic E-state index is 13.7. The summed E-state index contributed by atoms with van der Waals surface area (Å²) in [6.07, 6.45) is 6.67. The van der Waals surface area contributed by atoms with E-state index in [1.165, 1.54) is 25.3 Å². The summed E-state index contributed by atoms with van der Waals surface area (Å²) < 4.78 is 30.5.